The highest BCUT2D eigenvalue weighted by atomic mass is 32.2. The molecular formula is C6H11S+. The Bertz CT molecular complexity index is 72.2. The third kappa shape index (κ3) is 5.83. The first kappa shape index (κ1) is 6.83. The molecule has 0 fully saturated rings. The van der Waals surface area contributed by atoms with Crippen LogP contribution < -0.4 is 0 Å². The van der Waals surface area contributed by atoms with E-state index in [1.165, 1.54) is 0 Å². The Morgan fingerprint density at radius 1 is 1.43 bits per heavy atom. The summed E-state index contributed by atoms with van der Waals surface area (Å²) in [5, 5.41) is 2.13. The van der Waals surface area contributed by atoms with Crippen molar-refractivity contribution in [1.29, 1.82) is 0 Å². The maximum Gasteiger partial charge on any atom is 0.118 e. The average molecular weight is 115 g/mol. The van der Waals surface area contributed by atoms with E-state index in [0.29, 0.717) is 10.9 Å². The Morgan fingerprint density at radius 2 is 2.00 bits per heavy atom. The molecule has 1 heteroatoms. The predicted octanol–water partition coefficient (Wildman–Crippen LogP) is 1.56. The number of hydrogen-bond donors (Lipinski definition) is 0. The number of rotatable bonds is 2. The number of allylic oxidation sites excluding steroid dienone is 2. The average Bonchev–Trinajstić information content (AvgIpc) is 1.61. The van der Waals surface area contributed by atoms with Crippen LogP contribution in [-0.2, 0) is 10.9 Å². The SMILES string of the molecule is C=C/C=C/[S+](C)C. The maximum atomic E-state index is 3.55. The predicted molar refractivity (Wildman–Crippen MR) is 38.6 cm³/mol. The summed E-state index contributed by atoms with van der Waals surface area (Å²) in [5.74, 6) is 0. The van der Waals surface area contributed by atoms with E-state index in [9.17, 15) is 0 Å². The largest absolute Gasteiger partial charge is 0.118 e. The molecule has 0 aromatic heterocycles. The standard InChI is InChI=1S/C6H11S/c1-4-5-6-7(2)3/h4-6H,1H2,2-3H3/q+1/b6-5+. The molecule has 0 amide bonds. The lowest BCUT2D eigenvalue weighted by atomic mass is 10.6. The minimum absolute atomic E-state index is 0.433. The van der Waals surface area contributed by atoms with Gasteiger partial charge in [0, 0.05) is 10.9 Å². The molecule has 0 aliphatic carbocycles. The minimum atomic E-state index is 0.433. The van der Waals surface area contributed by atoms with Gasteiger partial charge in [0.1, 0.15) is 17.9 Å². The van der Waals surface area contributed by atoms with Crippen LogP contribution in [0.5, 0.6) is 0 Å². The van der Waals surface area contributed by atoms with E-state index in [1.54, 1.807) is 6.08 Å². The molecule has 0 aromatic rings. The van der Waals surface area contributed by atoms with Crippen LogP contribution in [-0.4, -0.2) is 12.5 Å². The summed E-state index contributed by atoms with van der Waals surface area (Å²) in [6, 6.07) is 0. The van der Waals surface area contributed by atoms with Gasteiger partial charge in [-0.15, -0.1) is 0 Å². The molecule has 0 unspecified atom stereocenters. The van der Waals surface area contributed by atoms with Crippen LogP contribution in [0, 0.1) is 0 Å². The monoisotopic (exact) mass is 115 g/mol. The molecule has 0 aliphatic rings. The van der Waals surface area contributed by atoms with Crippen LogP contribution in [0.2, 0.25) is 0 Å². The molecule has 0 aliphatic heterocycles. The molecule has 0 radical (unpaired) electrons. The Morgan fingerprint density at radius 3 is 2.14 bits per heavy atom. The molecule has 7 heavy (non-hydrogen) atoms. The van der Waals surface area contributed by atoms with Gasteiger partial charge in [0.05, 0.1) is 0 Å². The van der Waals surface area contributed by atoms with Crippen LogP contribution in [0.3, 0.4) is 0 Å². The van der Waals surface area contributed by atoms with Gasteiger partial charge in [-0.05, 0) is 6.08 Å². The topological polar surface area (TPSA) is 0 Å². The zero-order chi connectivity index (χ0) is 5.70. The molecule has 0 spiro atoms. The van der Waals surface area contributed by atoms with Crippen LogP contribution in [0.25, 0.3) is 0 Å². The summed E-state index contributed by atoms with van der Waals surface area (Å²) in [4.78, 5) is 0. The van der Waals surface area contributed by atoms with E-state index < -0.39 is 0 Å². The van der Waals surface area contributed by atoms with Crippen molar-refractivity contribution in [1.82, 2.24) is 0 Å². The van der Waals surface area contributed by atoms with E-state index in [-0.39, 0.29) is 0 Å². The third-order valence-corrected chi connectivity index (χ3v) is 1.19. The highest BCUT2D eigenvalue weighted by molar-refractivity contribution is 7.98. The van der Waals surface area contributed by atoms with Gasteiger partial charge in [-0.1, -0.05) is 12.7 Å². The van der Waals surface area contributed by atoms with Crippen molar-refractivity contribution in [2.75, 3.05) is 12.5 Å². The fourth-order valence-corrected chi connectivity index (χ4v) is 0.638. The third-order valence-electron chi connectivity index (χ3n) is 0.487. The van der Waals surface area contributed by atoms with Crippen LogP contribution in [0.4, 0.5) is 0 Å². The highest BCUT2D eigenvalue weighted by Crippen LogP contribution is 1.84. The fourth-order valence-electron chi connectivity index (χ4n) is 0.213. The lowest BCUT2D eigenvalue weighted by Crippen LogP contribution is -1.84. The van der Waals surface area contributed by atoms with Crippen molar-refractivity contribution in [3.63, 3.8) is 0 Å². The summed E-state index contributed by atoms with van der Waals surface area (Å²) in [6.45, 7) is 3.55. The van der Waals surface area contributed by atoms with E-state index in [0.717, 1.165) is 0 Å². The summed E-state index contributed by atoms with van der Waals surface area (Å²) < 4.78 is 0. The first-order valence-corrected chi connectivity index (χ1v) is 4.23. The summed E-state index contributed by atoms with van der Waals surface area (Å²) in [7, 11) is 0.433. The smallest absolute Gasteiger partial charge is 0.0989 e. The second kappa shape index (κ2) is 4.00. The van der Waals surface area contributed by atoms with Gasteiger partial charge >= 0.3 is 0 Å². The van der Waals surface area contributed by atoms with Crippen molar-refractivity contribution in [3.05, 3.63) is 24.1 Å². The van der Waals surface area contributed by atoms with Crippen molar-refractivity contribution in [3.8, 4) is 0 Å². The van der Waals surface area contributed by atoms with E-state index in [4.69, 9.17) is 0 Å². The Hall–Kier alpha value is -0.170. The summed E-state index contributed by atoms with van der Waals surface area (Å²) in [5.41, 5.74) is 0. The quantitative estimate of drug-likeness (QED) is 0.378. The van der Waals surface area contributed by atoms with Gasteiger partial charge in [0.2, 0.25) is 0 Å². The Labute approximate surface area is 48.3 Å². The van der Waals surface area contributed by atoms with Gasteiger partial charge in [0.25, 0.3) is 0 Å². The van der Waals surface area contributed by atoms with E-state index in [1.807, 2.05) is 6.08 Å². The van der Waals surface area contributed by atoms with Gasteiger partial charge in [0.15, 0.2) is 0 Å². The lowest BCUT2D eigenvalue weighted by molar-refractivity contribution is 2.08. The minimum Gasteiger partial charge on any atom is -0.0989 e. The second-order valence-corrected chi connectivity index (χ2v) is 3.48. The zero-order valence-electron chi connectivity index (χ0n) is 4.85. The highest BCUT2D eigenvalue weighted by Gasteiger charge is 1.87. The zero-order valence-corrected chi connectivity index (χ0v) is 5.66. The molecule has 0 atom stereocenters. The van der Waals surface area contributed by atoms with Crippen LogP contribution >= 0.6 is 0 Å². The van der Waals surface area contributed by atoms with Crippen molar-refractivity contribution in [2.24, 2.45) is 0 Å². The molecule has 0 rings (SSSR count). The van der Waals surface area contributed by atoms with E-state index >= 15 is 0 Å². The Balaban J connectivity index is 3.25. The molecule has 0 nitrogen and oxygen atoms in total. The van der Waals surface area contributed by atoms with Crippen molar-refractivity contribution >= 4 is 10.9 Å². The van der Waals surface area contributed by atoms with Gasteiger partial charge < -0.3 is 0 Å². The lowest BCUT2D eigenvalue weighted by Gasteiger charge is -1.77. The Kier molecular flexibility index (Phi) is 3.90. The van der Waals surface area contributed by atoms with Crippen LogP contribution in [0.15, 0.2) is 24.1 Å². The molecule has 0 aromatic carbocycles. The maximum absolute atomic E-state index is 3.55. The van der Waals surface area contributed by atoms with Crippen LogP contribution in [0.1, 0.15) is 0 Å². The normalized spacial score (nSPS) is 10.7. The molecule has 0 N–H and O–H groups in total. The second-order valence-electron chi connectivity index (χ2n) is 1.44. The van der Waals surface area contributed by atoms with Crippen molar-refractivity contribution in [2.45, 2.75) is 0 Å². The fraction of sp³-hybridized carbons (Fsp3) is 0.333. The molecule has 0 saturated heterocycles. The molecule has 40 valence electrons. The van der Waals surface area contributed by atoms with Gasteiger partial charge in [-0.3, -0.25) is 0 Å². The summed E-state index contributed by atoms with van der Waals surface area (Å²) >= 11 is 0. The first-order chi connectivity index (χ1) is 3.27. The molecule has 0 heterocycles. The van der Waals surface area contributed by atoms with E-state index in [2.05, 4.69) is 24.5 Å². The molecule has 0 bridgehead atoms. The van der Waals surface area contributed by atoms with Gasteiger partial charge in [-0.2, -0.15) is 0 Å². The number of hydrogen-bond acceptors (Lipinski definition) is 0. The summed E-state index contributed by atoms with van der Waals surface area (Å²) in [6.07, 6.45) is 8.11. The van der Waals surface area contributed by atoms with Gasteiger partial charge in [-0.25, -0.2) is 0 Å². The van der Waals surface area contributed by atoms with Crippen molar-refractivity contribution < 1.29 is 0 Å². The molecular weight excluding hydrogens is 104 g/mol. The molecule has 0 saturated carbocycles. The first-order valence-electron chi connectivity index (χ1n) is 2.13.